The van der Waals surface area contributed by atoms with E-state index in [0.29, 0.717) is 18.4 Å². The predicted octanol–water partition coefficient (Wildman–Crippen LogP) is 2.57. The van der Waals surface area contributed by atoms with Crippen LogP contribution < -0.4 is 0 Å². The fourth-order valence-corrected chi connectivity index (χ4v) is 3.68. The SMILES string of the molecule is O=C(C1CC1c1ccccc1)N1CCOC2(CCC2)C1. The van der Waals surface area contributed by atoms with Gasteiger partial charge in [0.1, 0.15) is 0 Å². The summed E-state index contributed by atoms with van der Waals surface area (Å²) in [5.41, 5.74) is 1.34. The van der Waals surface area contributed by atoms with Crippen molar-refractivity contribution in [2.45, 2.75) is 37.2 Å². The summed E-state index contributed by atoms with van der Waals surface area (Å²) >= 11 is 0. The third kappa shape index (κ3) is 2.05. The maximum Gasteiger partial charge on any atom is 0.226 e. The summed E-state index contributed by atoms with van der Waals surface area (Å²) in [6.45, 7) is 2.32. The molecule has 1 aliphatic heterocycles. The minimum atomic E-state index is 0.0189. The van der Waals surface area contributed by atoms with Gasteiger partial charge in [-0.25, -0.2) is 0 Å². The molecule has 1 saturated heterocycles. The Morgan fingerprint density at radius 3 is 2.75 bits per heavy atom. The summed E-state index contributed by atoms with van der Waals surface area (Å²) in [5, 5.41) is 0. The average Bonchev–Trinajstić information content (AvgIpc) is 3.26. The van der Waals surface area contributed by atoms with Gasteiger partial charge < -0.3 is 9.64 Å². The lowest BCUT2D eigenvalue weighted by atomic mass is 9.79. The van der Waals surface area contributed by atoms with E-state index in [1.807, 2.05) is 6.07 Å². The Hall–Kier alpha value is -1.35. The lowest BCUT2D eigenvalue weighted by Gasteiger charge is -2.48. The highest BCUT2D eigenvalue weighted by Crippen LogP contribution is 2.49. The molecule has 0 aromatic heterocycles. The molecule has 2 saturated carbocycles. The van der Waals surface area contributed by atoms with Crippen LogP contribution in [0.4, 0.5) is 0 Å². The molecule has 1 aromatic rings. The molecule has 0 bridgehead atoms. The van der Waals surface area contributed by atoms with Gasteiger partial charge in [-0.1, -0.05) is 30.3 Å². The Kier molecular flexibility index (Phi) is 2.84. The second-order valence-corrected chi connectivity index (χ2v) is 6.50. The molecule has 1 spiro atoms. The highest BCUT2D eigenvalue weighted by Gasteiger charge is 2.49. The highest BCUT2D eigenvalue weighted by atomic mass is 16.5. The van der Waals surface area contributed by atoms with Gasteiger partial charge in [0, 0.05) is 19.0 Å². The second-order valence-electron chi connectivity index (χ2n) is 6.50. The van der Waals surface area contributed by atoms with Gasteiger partial charge in [0.05, 0.1) is 12.2 Å². The number of ether oxygens (including phenoxy) is 1. The van der Waals surface area contributed by atoms with Crippen LogP contribution in [-0.2, 0) is 9.53 Å². The number of carbonyl (C=O) groups is 1. The molecule has 0 radical (unpaired) electrons. The molecular weight excluding hydrogens is 250 g/mol. The Balaban J connectivity index is 1.41. The van der Waals surface area contributed by atoms with Crippen LogP contribution in [-0.4, -0.2) is 36.1 Å². The summed E-state index contributed by atoms with van der Waals surface area (Å²) in [6.07, 6.45) is 4.53. The van der Waals surface area contributed by atoms with Gasteiger partial charge in [-0.2, -0.15) is 0 Å². The largest absolute Gasteiger partial charge is 0.371 e. The number of hydrogen-bond acceptors (Lipinski definition) is 2. The third-order valence-corrected chi connectivity index (χ3v) is 5.16. The normalized spacial score (nSPS) is 30.9. The smallest absolute Gasteiger partial charge is 0.226 e. The highest BCUT2D eigenvalue weighted by molar-refractivity contribution is 5.83. The summed E-state index contributed by atoms with van der Waals surface area (Å²) in [5.74, 6) is 1.02. The fourth-order valence-electron chi connectivity index (χ4n) is 3.68. The molecule has 0 N–H and O–H groups in total. The molecule has 3 nitrogen and oxygen atoms in total. The number of hydrogen-bond donors (Lipinski definition) is 0. The molecule has 2 atom stereocenters. The van der Waals surface area contributed by atoms with Crippen LogP contribution in [0.1, 0.15) is 37.2 Å². The molecule has 1 heterocycles. The molecule has 3 fully saturated rings. The van der Waals surface area contributed by atoms with Crippen molar-refractivity contribution in [2.24, 2.45) is 5.92 Å². The summed E-state index contributed by atoms with van der Waals surface area (Å²) in [6, 6.07) is 10.4. The first-order valence-corrected chi connectivity index (χ1v) is 7.75. The van der Waals surface area contributed by atoms with Crippen molar-refractivity contribution in [3.8, 4) is 0 Å². The maximum absolute atomic E-state index is 12.6. The van der Waals surface area contributed by atoms with E-state index in [0.717, 1.165) is 32.4 Å². The van der Waals surface area contributed by atoms with Gasteiger partial charge in [-0.05, 0) is 37.2 Å². The lowest BCUT2D eigenvalue weighted by molar-refractivity contribution is -0.168. The van der Waals surface area contributed by atoms with Crippen LogP contribution in [0.3, 0.4) is 0 Å². The molecular formula is C17H21NO2. The molecule has 1 aromatic carbocycles. The van der Waals surface area contributed by atoms with Gasteiger partial charge in [0.15, 0.2) is 0 Å². The number of nitrogens with zero attached hydrogens (tertiary/aromatic N) is 1. The van der Waals surface area contributed by atoms with Crippen molar-refractivity contribution in [3.63, 3.8) is 0 Å². The Morgan fingerprint density at radius 2 is 2.05 bits per heavy atom. The Morgan fingerprint density at radius 1 is 1.25 bits per heavy atom. The van der Waals surface area contributed by atoms with Gasteiger partial charge in [0.25, 0.3) is 0 Å². The van der Waals surface area contributed by atoms with Crippen LogP contribution in [0.15, 0.2) is 30.3 Å². The van der Waals surface area contributed by atoms with Crippen LogP contribution in [0.5, 0.6) is 0 Å². The molecule has 1 amide bonds. The van der Waals surface area contributed by atoms with E-state index in [1.54, 1.807) is 0 Å². The van der Waals surface area contributed by atoms with Crippen LogP contribution in [0, 0.1) is 5.92 Å². The summed E-state index contributed by atoms with van der Waals surface area (Å²) < 4.78 is 5.90. The quantitative estimate of drug-likeness (QED) is 0.827. The van der Waals surface area contributed by atoms with E-state index in [9.17, 15) is 4.79 Å². The number of rotatable bonds is 2. The second kappa shape index (κ2) is 4.59. The lowest BCUT2D eigenvalue weighted by Crippen LogP contribution is -2.57. The number of carbonyl (C=O) groups excluding carboxylic acids is 1. The zero-order valence-electron chi connectivity index (χ0n) is 11.8. The van der Waals surface area contributed by atoms with Crippen LogP contribution >= 0.6 is 0 Å². The summed E-state index contributed by atoms with van der Waals surface area (Å²) in [7, 11) is 0. The zero-order valence-corrected chi connectivity index (χ0v) is 11.8. The number of amides is 1. The first kappa shape index (κ1) is 12.4. The van der Waals surface area contributed by atoms with Crippen molar-refractivity contribution in [1.29, 1.82) is 0 Å². The maximum atomic E-state index is 12.6. The van der Waals surface area contributed by atoms with E-state index < -0.39 is 0 Å². The van der Waals surface area contributed by atoms with E-state index in [1.165, 1.54) is 12.0 Å². The van der Waals surface area contributed by atoms with Crippen molar-refractivity contribution < 1.29 is 9.53 Å². The third-order valence-electron chi connectivity index (χ3n) is 5.16. The first-order chi connectivity index (χ1) is 9.77. The number of morpholine rings is 1. The van der Waals surface area contributed by atoms with E-state index in [4.69, 9.17) is 4.74 Å². The van der Waals surface area contributed by atoms with Gasteiger partial charge in [-0.3, -0.25) is 4.79 Å². The minimum absolute atomic E-state index is 0.0189. The van der Waals surface area contributed by atoms with Gasteiger partial charge in [-0.15, -0.1) is 0 Å². The van der Waals surface area contributed by atoms with E-state index >= 15 is 0 Å². The molecule has 106 valence electrons. The Labute approximate surface area is 119 Å². The van der Waals surface area contributed by atoms with Gasteiger partial charge >= 0.3 is 0 Å². The van der Waals surface area contributed by atoms with Crippen molar-refractivity contribution in [2.75, 3.05) is 19.7 Å². The zero-order chi connectivity index (χ0) is 13.6. The monoisotopic (exact) mass is 271 g/mol. The Bertz CT molecular complexity index is 509. The fraction of sp³-hybridized carbons (Fsp3) is 0.588. The molecule has 4 rings (SSSR count). The molecule has 2 aliphatic carbocycles. The molecule has 3 aliphatic rings. The van der Waals surface area contributed by atoms with E-state index in [2.05, 4.69) is 29.2 Å². The molecule has 3 heteroatoms. The van der Waals surface area contributed by atoms with Crippen molar-refractivity contribution in [3.05, 3.63) is 35.9 Å². The molecule has 20 heavy (non-hydrogen) atoms. The molecule has 2 unspecified atom stereocenters. The average molecular weight is 271 g/mol. The minimum Gasteiger partial charge on any atom is -0.371 e. The van der Waals surface area contributed by atoms with Crippen molar-refractivity contribution >= 4 is 5.91 Å². The first-order valence-electron chi connectivity index (χ1n) is 7.75. The van der Waals surface area contributed by atoms with E-state index in [-0.39, 0.29) is 11.5 Å². The van der Waals surface area contributed by atoms with Crippen molar-refractivity contribution in [1.82, 2.24) is 4.90 Å². The summed E-state index contributed by atoms with van der Waals surface area (Å²) in [4.78, 5) is 14.7. The predicted molar refractivity (Wildman–Crippen MR) is 76.4 cm³/mol. The van der Waals surface area contributed by atoms with Crippen LogP contribution in [0.2, 0.25) is 0 Å². The number of benzene rings is 1. The van der Waals surface area contributed by atoms with Crippen LogP contribution in [0.25, 0.3) is 0 Å². The topological polar surface area (TPSA) is 29.5 Å². The standard InChI is InChI=1S/C17H21NO2/c19-16(15-11-14(15)13-5-2-1-3-6-13)18-9-10-20-17(12-18)7-4-8-17/h1-3,5-6,14-15H,4,7-12H2. The van der Waals surface area contributed by atoms with Gasteiger partial charge in [0.2, 0.25) is 5.91 Å².